The molecule has 6 heteroatoms. The highest BCUT2D eigenvalue weighted by atomic mass is 79.9. The minimum absolute atomic E-state index is 0.313. The van der Waals surface area contributed by atoms with Crippen molar-refractivity contribution in [2.75, 3.05) is 18.0 Å². The van der Waals surface area contributed by atoms with E-state index in [-0.39, 0.29) is 0 Å². The molecule has 0 radical (unpaired) electrons. The van der Waals surface area contributed by atoms with E-state index in [4.69, 9.17) is 4.74 Å². The molecule has 1 saturated heterocycles. The summed E-state index contributed by atoms with van der Waals surface area (Å²) in [6.45, 7) is 16.1. The zero-order valence-corrected chi connectivity index (χ0v) is 19.2. The molecule has 1 atom stereocenters. The molecule has 0 spiro atoms. The summed E-state index contributed by atoms with van der Waals surface area (Å²) in [5.74, 6) is -0.976. The second-order valence-electron chi connectivity index (χ2n) is 8.96. The van der Waals surface area contributed by atoms with E-state index in [9.17, 15) is 9.90 Å². The fourth-order valence-corrected chi connectivity index (χ4v) is 3.97. The number of hydrogen-bond donors (Lipinski definition) is 1. The number of carboxylic acids is 1. The Morgan fingerprint density at radius 2 is 1.85 bits per heavy atom. The number of aryl methyl sites for hydroxylation is 2. The Kier molecular flexibility index (Phi) is 6.63. The molecule has 27 heavy (non-hydrogen) atoms. The molecule has 0 saturated carbocycles. The van der Waals surface area contributed by atoms with Crippen LogP contribution < -0.4 is 4.90 Å². The highest BCUT2D eigenvalue weighted by Crippen LogP contribution is 2.43. The average Bonchev–Trinajstić information content (AvgIpc) is 2.56. The molecule has 2 heterocycles. The lowest BCUT2D eigenvalue weighted by Crippen LogP contribution is -2.39. The number of aliphatic carboxylic acids is 1. The zero-order valence-electron chi connectivity index (χ0n) is 17.6. The SMILES string of the molecule is CCC(C)(C)O[C@H](C(=O)O)c1c(C)nc(C)c(Br)c1N1CCC(C)(C)CC1. The fourth-order valence-electron chi connectivity index (χ4n) is 3.42. The Morgan fingerprint density at radius 3 is 2.33 bits per heavy atom. The fraction of sp³-hybridized carbons (Fsp3) is 0.714. The van der Waals surface area contributed by atoms with Crippen LogP contribution in [-0.2, 0) is 9.53 Å². The third-order valence-electron chi connectivity index (χ3n) is 5.71. The number of pyridine rings is 1. The van der Waals surface area contributed by atoms with Gasteiger partial charge in [-0.2, -0.15) is 0 Å². The van der Waals surface area contributed by atoms with Crippen molar-refractivity contribution in [3.63, 3.8) is 0 Å². The minimum Gasteiger partial charge on any atom is -0.479 e. The van der Waals surface area contributed by atoms with E-state index in [2.05, 4.69) is 39.7 Å². The number of ether oxygens (including phenoxy) is 1. The van der Waals surface area contributed by atoms with Gasteiger partial charge >= 0.3 is 5.97 Å². The van der Waals surface area contributed by atoms with Gasteiger partial charge in [-0.3, -0.25) is 4.98 Å². The summed E-state index contributed by atoms with van der Waals surface area (Å²) in [7, 11) is 0. The summed E-state index contributed by atoms with van der Waals surface area (Å²) < 4.78 is 6.96. The van der Waals surface area contributed by atoms with E-state index in [1.54, 1.807) is 0 Å². The first-order valence-electron chi connectivity index (χ1n) is 9.70. The molecule has 1 aromatic rings. The van der Waals surface area contributed by atoms with Crippen molar-refractivity contribution in [3.05, 3.63) is 21.4 Å². The number of piperidine rings is 1. The second-order valence-corrected chi connectivity index (χ2v) is 9.75. The Morgan fingerprint density at radius 1 is 1.30 bits per heavy atom. The average molecular weight is 441 g/mol. The lowest BCUT2D eigenvalue weighted by atomic mass is 9.82. The molecule has 0 amide bonds. The largest absolute Gasteiger partial charge is 0.479 e. The maximum absolute atomic E-state index is 12.2. The quantitative estimate of drug-likeness (QED) is 0.639. The molecule has 0 aromatic carbocycles. The highest BCUT2D eigenvalue weighted by Gasteiger charge is 2.36. The summed E-state index contributed by atoms with van der Waals surface area (Å²) in [5, 5.41) is 9.99. The van der Waals surface area contributed by atoms with Gasteiger partial charge in [0.15, 0.2) is 6.10 Å². The van der Waals surface area contributed by atoms with Crippen LogP contribution in [0.3, 0.4) is 0 Å². The summed E-state index contributed by atoms with van der Waals surface area (Å²) in [4.78, 5) is 19.1. The monoisotopic (exact) mass is 440 g/mol. The van der Waals surface area contributed by atoms with Gasteiger partial charge in [-0.25, -0.2) is 4.79 Å². The molecule has 152 valence electrons. The molecule has 0 unspecified atom stereocenters. The first kappa shape index (κ1) is 22.2. The topological polar surface area (TPSA) is 62.7 Å². The van der Waals surface area contributed by atoms with Crippen molar-refractivity contribution in [2.45, 2.75) is 79.4 Å². The number of nitrogens with zero attached hydrogens (tertiary/aromatic N) is 2. The third-order valence-corrected chi connectivity index (χ3v) is 6.66. The minimum atomic E-state index is -1.05. The van der Waals surface area contributed by atoms with Crippen LogP contribution in [0, 0.1) is 19.3 Å². The van der Waals surface area contributed by atoms with Crippen LogP contribution >= 0.6 is 15.9 Å². The molecule has 1 aliphatic rings. The lowest BCUT2D eigenvalue weighted by Gasteiger charge is -2.40. The number of rotatable bonds is 6. The zero-order chi connectivity index (χ0) is 20.6. The molecular weight excluding hydrogens is 408 g/mol. The number of halogens is 1. The maximum atomic E-state index is 12.2. The van der Waals surface area contributed by atoms with Gasteiger partial charge in [-0.1, -0.05) is 20.8 Å². The van der Waals surface area contributed by atoms with Gasteiger partial charge in [0.05, 0.1) is 21.5 Å². The van der Waals surface area contributed by atoms with E-state index >= 15 is 0 Å². The van der Waals surface area contributed by atoms with Crippen LogP contribution in [0.4, 0.5) is 5.69 Å². The number of carboxylic acid groups (broad SMARTS) is 1. The number of carbonyl (C=O) groups is 1. The Balaban J connectivity index is 2.57. The summed E-state index contributed by atoms with van der Waals surface area (Å²) in [6, 6.07) is 0. The highest BCUT2D eigenvalue weighted by molar-refractivity contribution is 9.10. The normalized spacial score (nSPS) is 18.4. The van der Waals surface area contributed by atoms with Crippen LogP contribution in [0.2, 0.25) is 0 Å². The second kappa shape index (κ2) is 8.08. The molecule has 0 aliphatic carbocycles. The smallest absolute Gasteiger partial charge is 0.337 e. The van der Waals surface area contributed by atoms with E-state index in [1.165, 1.54) is 0 Å². The Bertz CT molecular complexity index is 706. The van der Waals surface area contributed by atoms with Crippen molar-refractivity contribution in [1.82, 2.24) is 4.98 Å². The molecule has 1 aliphatic heterocycles. The number of hydrogen-bond acceptors (Lipinski definition) is 4. The third kappa shape index (κ3) is 5.02. The predicted molar refractivity (Wildman–Crippen MR) is 112 cm³/mol. The van der Waals surface area contributed by atoms with Crippen molar-refractivity contribution in [3.8, 4) is 0 Å². The van der Waals surface area contributed by atoms with Gasteiger partial charge in [0, 0.05) is 24.3 Å². The molecule has 0 bridgehead atoms. The van der Waals surface area contributed by atoms with Gasteiger partial charge in [0.2, 0.25) is 0 Å². The van der Waals surface area contributed by atoms with Gasteiger partial charge in [0.25, 0.3) is 0 Å². The van der Waals surface area contributed by atoms with E-state index < -0.39 is 17.7 Å². The summed E-state index contributed by atoms with van der Waals surface area (Å²) in [5.41, 5.74) is 2.96. The molecular formula is C21H33BrN2O3. The summed E-state index contributed by atoms with van der Waals surface area (Å²) >= 11 is 3.69. The van der Waals surface area contributed by atoms with Crippen LogP contribution in [-0.4, -0.2) is 34.8 Å². The van der Waals surface area contributed by atoms with Crippen LogP contribution in [0.5, 0.6) is 0 Å². The Labute approximate surface area is 171 Å². The first-order chi connectivity index (χ1) is 12.4. The van der Waals surface area contributed by atoms with Crippen molar-refractivity contribution in [1.29, 1.82) is 0 Å². The number of aromatic nitrogens is 1. The standard InChI is InChI=1S/C21H33BrN2O3/c1-8-21(6,7)27-18(19(25)26)15-13(2)23-14(3)16(22)17(15)24-11-9-20(4,5)10-12-24/h18H,8-12H2,1-7H3,(H,25,26)/t18-/m0/s1. The van der Waals surface area contributed by atoms with Crippen LogP contribution in [0.15, 0.2) is 4.47 Å². The molecule has 2 rings (SSSR count). The number of anilines is 1. The van der Waals surface area contributed by atoms with Crippen molar-refractivity contribution < 1.29 is 14.6 Å². The molecule has 1 fully saturated rings. The molecule has 5 nitrogen and oxygen atoms in total. The first-order valence-corrected chi connectivity index (χ1v) is 10.5. The predicted octanol–water partition coefficient (Wildman–Crippen LogP) is 5.42. The van der Waals surface area contributed by atoms with Crippen LogP contribution in [0.25, 0.3) is 0 Å². The van der Waals surface area contributed by atoms with E-state index in [0.717, 1.165) is 53.9 Å². The Hall–Kier alpha value is -1.14. The van der Waals surface area contributed by atoms with Crippen molar-refractivity contribution in [2.24, 2.45) is 5.41 Å². The molecule has 1 aromatic heterocycles. The maximum Gasteiger partial charge on any atom is 0.337 e. The van der Waals surface area contributed by atoms with Crippen LogP contribution in [0.1, 0.15) is 76.9 Å². The lowest BCUT2D eigenvalue weighted by molar-refractivity contribution is -0.162. The van der Waals surface area contributed by atoms with Gasteiger partial charge < -0.3 is 14.7 Å². The van der Waals surface area contributed by atoms with Gasteiger partial charge in [-0.15, -0.1) is 0 Å². The van der Waals surface area contributed by atoms with Gasteiger partial charge in [0.1, 0.15) is 0 Å². The van der Waals surface area contributed by atoms with Gasteiger partial charge in [-0.05, 0) is 68.3 Å². The van der Waals surface area contributed by atoms with Crippen molar-refractivity contribution >= 4 is 27.6 Å². The van der Waals surface area contributed by atoms with E-state index in [1.807, 2.05) is 34.6 Å². The van der Waals surface area contributed by atoms with E-state index in [0.29, 0.717) is 11.0 Å². The molecule has 1 N–H and O–H groups in total. The summed E-state index contributed by atoms with van der Waals surface area (Å²) in [6.07, 6.45) is 1.81.